The minimum absolute atomic E-state index is 0.227. The molecule has 0 spiro atoms. The molecule has 2 aromatic rings. The van der Waals surface area contributed by atoms with Gasteiger partial charge < -0.3 is 9.94 Å². The second-order valence-electron chi connectivity index (χ2n) is 5.00. The molecule has 0 aliphatic carbocycles. The molecule has 0 saturated heterocycles. The van der Waals surface area contributed by atoms with E-state index in [0.29, 0.717) is 17.9 Å². The number of aromatic nitrogens is 1. The van der Waals surface area contributed by atoms with Crippen LogP contribution in [0.25, 0.3) is 0 Å². The summed E-state index contributed by atoms with van der Waals surface area (Å²) in [6.07, 6.45) is 2.50. The van der Waals surface area contributed by atoms with Crippen LogP contribution < -0.4 is 4.74 Å². The Balaban J connectivity index is 1.99. The lowest BCUT2D eigenvalue weighted by Crippen LogP contribution is -2.25. The van der Waals surface area contributed by atoms with Crippen molar-refractivity contribution in [2.75, 3.05) is 6.54 Å². The standard InChI is InChI=1S/C16H15FN4O2/c1-11-6-7-14(15(20-22)21-9-3-8-18-21)16(19-11)23-13-5-2-4-12(17)10-13/h2,4-8,10,22H,3,9H2,1H3/b20-15-. The number of ether oxygens (including phenoxy) is 1. The lowest BCUT2D eigenvalue weighted by Gasteiger charge is -2.17. The van der Waals surface area contributed by atoms with Crippen LogP contribution in [0.5, 0.6) is 11.6 Å². The minimum Gasteiger partial charge on any atom is -0.438 e. The third-order valence-corrected chi connectivity index (χ3v) is 3.28. The molecule has 2 heterocycles. The number of hydrazone groups is 1. The Bertz CT molecular complexity index is 776. The van der Waals surface area contributed by atoms with Gasteiger partial charge in [0.1, 0.15) is 11.6 Å². The zero-order chi connectivity index (χ0) is 16.2. The molecule has 118 valence electrons. The molecule has 0 fully saturated rings. The van der Waals surface area contributed by atoms with E-state index >= 15 is 0 Å². The van der Waals surface area contributed by atoms with Crippen molar-refractivity contribution in [1.82, 2.24) is 9.99 Å². The monoisotopic (exact) mass is 314 g/mol. The fraction of sp³-hybridized carbons (Fsp3) is 0.188. The van der Waals surface area contributed by atoms with Crippen molar-refractivity contribution < 1.29 is 14.3 Å². The highest BCUT2D eigenvalue weighted by molar-refractivity contribution is 6.01. The van der Waals surface area contributed by atoms with Crippen molar-refractivity contribution in [2.24, 2.45) is 10.3 Å². The van der Waals surface area contributed by atoms with Crippen molar-refractivity contribution in [1.29, 1.82) is 0 Å². The van der Waals surface area contributed by atoms with E-state index in [1.54, 1.807) is 35.5 Å². The van der Waals surface area contributed by atoms with E-state index < -0.39 is 5.82 Å². The Hall–Kier alpha value is -2.96. The average molecular weight is 314 g/mol. The minimum atomic E-state index is -0.406. The predicted octanol–water partition coefficient (Wildman–Crippen LogP) is 3.15. The van der Waals surface area contributed by atoms with Gasteiger partial charge in [0.2, 0.25) is 11.7 Å². The average Bonchev–Trinajstić information content (AvgIpc) is 3.04. The first kappa shape index (κ1) is 15.0. The molecule has 0 saturated carbocycles. The van der Waals surface area contributed by atoms with E-state index in [-0.39, 0.29) is 11.7 Å². The van der Waals surface area contributed by atoms with Gasteiger partial charge in [-0.3, -0.25) is 0 Å². The van der Waals surface area contributed by atoms with Crippen LogP contribution in [0.4, 0.5) is 4.39 Å². The number of hydrogen-bond donors (Lipinski definition) is 1. The quantitative estimate of drug-likeness (QED) is 0.409. The van der Waals surface area contributed by atoms with Crippen LogP contribution in [0, 0.1) is 12.7 Å². The van der Waals surface area contributed by atoms with Crippen molar-refractivity contribution in [3.05, 3.63) is 53.5 Å². The number of aryl methyl sites for hydroxylation is 1. The van der Waals surface area contributed by atoms with E-state index in [1.165, 1.54) is 12.1 Å². The van der Waals surface area contributed by atoms with E-state index in [2.05, 4.69) is 15.2 Å². The van der Waals surface area contributed by atoms with Gasteiger partial charge in [-0.05, 0) is 31.2 Å². The highest BCUT2D eigenvalue weighted by Crippen LogP contribution is 2.26. The zero-order valence-corrected chi connectivity index (χ0v) is 12.5. The summed E-state index contributed by atoms with van der Waals surface area (Å²) in [6.45, 7) is 2.42. The molecule has 23 heavy (non-hydrogen) atoms. The van der Waals surface area contributed by atoms with Crippen LogP contribution in [0.1, 0.15) is 17.7 Å². The molecule has 1 aromatic heterocycles. The van der Waals surface area contributed by atoms with E-state index in [0.717, 1.165) is 12.1 Å². The van der Waals surface area contributed by atoms with Crippen LogP contribution in [0.2, 0.25) is 0 Å². The molecule has 1 aromatic carbocycles. The lowest BCUT2D eigenvalue weighted by atomic mass is 10.2. The first-order valence-corrected chi connectivity index (χ1v) is 7.11. The van der Waals surface area contributed by atoms with Gasteiger partial charge in [-0.1, -0.05) is 11.2 Å². The number of oxime groups is 1. The van der Waals surface area contributed by atoms with Crippen LogP contribution in [-0.4, -0.2) is 33.8 Å². The molecule has 6 nitrogen and oxygen atoms in total. The number of pyridine rings is 1. The molecular weight excluding hydrogens is 299 g/mol. The maximum atomic E-state index is 13.3. The first-order chi connectivity index (χ1) is 11.2. The molecule has 0 unspecified atom stereocenters. The van der Waals surface area contributed by atoms with Crippen molar-refractivity contribution >= 4 is 12.1 Å². The number of amidine groups is 1. The maximum Gasteiger partial charge on any atom is 0.230 e. The van der Waals surface area contributed by atoms with E-state index in [4.69, 9.17) is 4.74 Å². The topological polar surface area (TPSA) is 70.3 Å². The molecule has 0 radical (unpaired) electrons. The largest absolute Gasteiger partial charge is 0.438 e. The smallest absolute Gasteiger partial charge is 0.230 e. The zero-order valence-electron chi connectivity index (χ0n) is 12.5. The lowest BCUT2D eigenvalue weighted by molar-refractivity contribution is 0.304. The SMILES string of the molecule is Cc1ccc(/C(=N/O)N2CCC=N2)c(Oc2cccc(F)c2)n1. The van der Waals surface area contributed by atoms with Gasteiger partial charge in [-0.2, -0.15) is 5.10 Å². The van der Waals surface area contributed by atoms with Crippen molar-refractivity contribution in [2.45, 2.75) is 13.3 Å². The van der Waals surface area contributed by atoms with E-state index in [9.17, 15) is 9.60 Å². The first-order valence-electron chi connectivity index (χ1n) is 7.11. The van der Waals surface area contributed by atoms with Crippen LogP contribution >= 0.6 is 0 Å². The third kappa shape index (κ3) is 3.28. The molecule has 7 heteroatoms. The molecule has 1 N–H and O–H groups in total. The van der Waals surface area contributed by atoms with Crippen LogP contribution in [0.3, 0.4) is 0 Å². The number of hydrogen-bond acceptors (Lipinski definition) is 5. The molecule has 1 aliphatic heterocycles. The van der Waals surface area contributed by atoms with Crippen LogP contribution in [-0.2, 0) is 0 Å². The molecule has 0 amide bonds. The Morgan fingerprint density at radius 2 is 2.22 bits per heavy atom. The van der Waals surface area contributed by atoms with E-state index in [1.807, 2.05) is 6.92 Å². The molecule has 3 rings (SSSR count). The number of nitrogens with zero attached hydrogens (tertiary/aromatic N) is 4. The Kier molecular flexibility index (Phi) is 4.18. The summed E-state index contributed by atoms with van der Waals surface area (Å²) in [7, 11) is 0. The summed E-state index contributed by atoms with van der Waals surface area (Å²) < 4.78 is 19.0. The van der Waals surface area contributed by atoms with Gasteiger partial charge in [0.15, 0.2) is 0 Å². The molecular formula is C16H15FN4O2. The summed E-state index contributed by atoms with van der Waals surface area (Å²) in [5.41, 5.74) is 1.20. The summed E-state index contributed by atoms with van der Waals surface area (Å²) >= 11 is 0. The number of rotatable bonds is 3. The van der Waals surface area contributed by atoms with Crippen LogP contribution in [0.15, 0.2) is 46.7 Å². The molecule has 0 atom stereocenters. The second kappa shape index (κ2) is 6.43. The fourth-order valence-electron chi connectivity index (χ4n) is 2.22. The Morgan fingerprint density at radius 3 is 2.91 bits per heavy atom. The summed E-state index contributed by atoms with van der Waals surface area (Å²) in [5, 5.41) is 18.4. The predicted molar refractivity (Wildman–Crippen MR) is 83.6 cm³/mol. The van der Waals surface area contributed by atoms with Gasteiger partial charge in [0.05, 0.1) is 5.56 Å². The highest BCUT2D eigenvalue weighted by Gasteiger charge is 2.21. The Labute approximate surface area is 132 Å². The van der Waals surface area contributed by atoms with Gasteiger partial charge in [-0.25, -0.2) is 14.4 Å². The number of halogens is 1. The highest BCUT2D eigenvalue weighted by atomic mass is 19.1. The fourth-order valence-corrected chi connectivity index (χ4v) is 2.22. The van der Waals surface area contributed by atoms with Crippen molar-refractivity contribution in [3.63, 3.8) is 0 Å². The maximum absolute atomic E-state index is 13.3. The molecule has 1 aliphatic rings. The van der Waals surface area contributed by atoms with Gasteiger partial charge in [0, 0.05) is 30.9 Å². The second-order valence-corrected chi connectivity index (χ2v) is 5.00. The summed E-state index contributed by atoms with van der Waals surface area (Å²) in [5.74, 6) is 0.367. The normalized spacial score (nSPS) is 14.3. The summed E-state index contributed by atoms with van der Waals surface area (Å²) in [6, 6.07) is 9.28. The van der Waals surface area contributed by atoms with Gasteiger partial charge in [-0.15, -0.1) is 0 Å². The third-order valence-electron chi connectivity index (χ3n) is 3.28. The summed E-state index contributed by atoms with van der Waals surface area (Å²) in [4.78, 5) is 4.32. The van der Waals surface area contributed by atoms with Crippen molar-refractivity contribution in [3.8, 4) is 11.6 Å². The van der Waals surface area contributed by atoms with Gasteiger partial charge in [0.25, 0.3) is 0 Å². The van der Waals surface area contributed by atoms with Gasteiger partial charge >= 0.3 is 0 Å². The number of benzene rings is 1. The molecule has 0 bridgehead atoms. The Morgan fingerprint density at radius 1 is 1.35 bits per heavy atom.